The molecule has 1 aromatic heterocycles. The number of rotatable bonds is 5. The summed E-state index contributed by atoms with van der Waals surface area (Å²) in [7, 11) is 3.35. The van der Waals surface area contributed by atoms with Gasteiger partial charge in [0.15, 0.2) is 11.6 Å². The van der Waals surface area contributed by atoms with Crippen molar-refractivity contribution in [3.8, 4) is 5.75 Å². The van der Waals surface area contributed by atoms with Gasteiger partial charge in [0, 0.05) is 37.1 Å². The van der Waals surface area contributed by atoms with Crippen molar-refractivity contribution >= 4 is 5.69 Å². The van der Waals surface area contributed by atoms with Crippen LogP contribution in [0.5, 0.6) is 5.75 Å². The molecule has 1 N–H and O–H groups in total. The van der Waals surface area contributed by atoms with Crippen molar-refractivity contribution in [2.75, 3.05) is 12.4 Å². The zero-order valence-electron chi connectivity index (χ0n) is 11.4. The van der Waals surface area contributed by atoms with E-state index in [1.807, 2.05) is 13.2 Å². The number of aromatic nitrogens is 2. The normalized spacial score (nSPS) is 10.5. The number of aryl methyl sites for hydroxylation is 2. The number of ether oxygens (including phenoxy) is 1. The van der Waals surface area contributed by atoms with Crippen molar-refractivity contribution in [3.05, 3.63) is 41.5 Å². The first-order valence-corrected chi connectivity index (χ1v) is 6.22. The van der Waals surface area contributed by atoms with Crippen LogP contribution >= 0.6 is 0 Å². The van der Waals surface area contributed by atoms with Gasteiger partial charge >= 0.3 is 0 Å². The van der Waals surface area contributed by atoms with Gasteiger partial charge in [-0.05, 0) is 18.6 Å². The third kappa shape index (κ3) is 3.05. The summed E-state index contributed by atoms with van der Waals surface area (Å²) >= 11 is 0. The minimum atomic E-state index is -0.366. The number of anilines is 1. The van der Waals surface area contributed by atoms with E-state index in [-0.39, 0.29) is 11.6 Å². The van der Waals surface area contributed by atoms with E-state index >= 15 is 0 Å². The Morgan fingerprint density at radius 1 is 1.42 bits per heavy atom. The molecule has 0 radical (unpaired) electrons. The number of halogens is 1. The van der Waals surface area contributed by atoms with Gasteiger partial charge in [0.1, 0.15) is 0 Å². The Hall–Kier alpha value is -2.04. The van der Waals surface area contributed by atoms with Crippen LogP contribution in [-0.4, -0.2) is 16.9 Å². The highest BCUT2D eigenvalue weighted by Crippen LogP contribution is 2.21. The van der Waals surface area contributed by atoms with Crippen LogP contribution in [-0.2, 0) is 20.0 Å². The summed E-state index contributed by atoms with van der Waals surface area (Å²) in [6.45, 7) is 2.70. The molecule has 2 aromatic rings. The quantitative estimate of drug-likeness (QED) is 0.901. The summed E-state index contributed by atoms with van der Waals surface area (Å²) in [4.78, 5) is 0. The van der Waals surface area contributed by atoms with Gasteiger partial charge in [-0.15, -0.1) is 0 Å². The average Bonchev–Trinajstić information content (AvgIpc) is 2.77. The molecule has 0 spiro atoms. The molecule has 0 saturated heterocycles. The molecule has 0 saturated carbocycles. The van der Waals surface area contributed by atoms with Crippen LogP contribution in [0, 0.1) is 5.82 Å². The molecule has 0 unspecified atom stereocenters. The van der Waals surface area contributed by atoms with Crippen LogP contribution in [0.4, 0.5) is 10.1 Å². The van der Waals surface area contributed by atoms with Crippen molar-refractivity contribution in [2.45, 2.75) is 19.9 Å². The fraction of sp³-hybridized carbons (Fsp3) is 0.357. The largest absolute Gasteiger partial charge is 0.494 e. The van der Waals surface area contributed by atoms with Gasteiger partial charge in [-0.2, -0.15) is 5.10 Å². The Kier molecular flexibility index (Phi) is 4.04. The number of hydrogen-bond acceptors (Lipinski definition) is 3. The first-order chi connectivity index (χ1) is 9.13. The molecule has 0 bridgehead atoms. The Morgan fingerprint density at radius 3 is 2.84 bits per heavy atom. The summed E-state index contributed by atoms with van der Waals surface area (Å²) in [6.07, 6.45) is 2.86. The zero-order valence-corrected chi connectivity index (χ0v) is 11.4. The Balaban J connectivity index is 2.07. The van der Waals surface area contributed by atoms with E-state index in [1.54, 1.807) is 16.8 Å². The summed E-state index contributed by atoms with van der Waals surface area (Å²) < 4.78 is 20.2. The fourth-order valence-electron chi connectivity index (χ4n) is 2.00. The van der Waals surface area contributed by atoms with E-state index in [9.17, 15) is 4.39 Å². The van der Waals surface area contributed by atoms with E-state index in [2.05, 4.69) is 17.3 Å². The van der Waals surface area contributed by atoms with Gasteiger partial charge in [0.25, 0.3) is 0 Å². The summed E-state index contributed by atoms with van der Waals surface area (Å²) in [5, 5.41) is 7.56. The molecule has 0 fully saturated rings. The van der Waals surface area contributed by atoms with Crippen molar-refractivity contribution in [1.29, 1.82) is 0 Å². The number of benzene rings is 1. The lowest BCUT2D eigenvalue weighted by Crippen LogP contribution is -2.01. The lowest BCUT2D eigenvalue weighted by Gasteiger charge is -2.08. The highest BCUT2D eigenvalue weighted by molar-refractivity contribution is 5.47. The molecular weight excluding hydrogens is 245 g/mol. The monoisotopic (exact) mass is 263 g/mol. The van der Waals surface area contributed by atoms with Crippen molar-refractivity contribution < 1.29 is 9.13 Å². The van der Waals surface area contributed by atoms with Crippen molar-refractivity contribution in [2.24, 2.45) is 7.05 Å². The Labute approximate surface area is 112 Å². The molecule has 102 valence electrons. The molecule has 0 aliphatic rings. The summed E-state index contributed by atoms with van der Waals surface area (Å²) in [5.41, 5.74) is 2.91. The molecule has 0 atom stereocenters. The van der Waals surface area contributed by atoms with E-state index < -0.39 is 0 Å². The van der Waals surface area contributed by atoms with Crippen LogP contribution in [0.2, 0.25) is 0 Å². The van der Waals surface area contributed by atoms with Crippen LogP contribution < -0.4 is 10.1 Å². The maximum atomic E-state index is 13.5. The summed E-state index contributed by atoms with van der Waals surface area (Å²) in [5.74, 6) is -0.115. The predicted molar refractivity (Wildman–Crippen MR) is 72.9 cm³/mol. The zero-order chi connectivity index (χ0) is 13.8. The SMILES string of the molecule is CCc1nn(C)cc1CNc1ccc(OC)c(F)c1. The number of hydrogen-bond donors (Lipinski definition) is 1. The molecule has 4 nitrogen and oxygen atoms in total. The van der Waals surface area contributed by atoms with Gasteiger partial charge in [0.05, 0.1) is 12.8 Å². The van der Waals surface area contributed by atoms with E-state index in [1.165, 1.54) is 13.2 Å². The lowest BCUT2D eigenvalue weighted by molar-refractivity contribution is 0.386. The average molecular weight is 263 g/mol. The van der Waals surface area contributed by atoms with Gasteiger partial charge < -0.3 is 10.1 Å². The number of nitrogens with one attached hydrogen (secondary N) is 1. The fourth-order valence-corrected chi connectivity index (χ4v) is 2.00. The van der Waals surface area contributed by atoms with Crippen LogP contribution in [0.3, 0.4) is 0 Å². The second kappa shape index (κ2) is 5.73. The minimum Gasteiger partial charge on any atom is -0.494 e. The molecule has 0 aliphatic heterocycles. The highest BCUT2D eigenvalue weighted by Gasteiger charge is 2.07. The maximum absolute atomic E-state index is 13.5. The second-order valence-corrected chi connectivity index (χ2v) is 4.33. The first-order valence-electron chi connectivity index (χ1n) is 6.22. The minimum absolute atomic E-state index is 0.251. The van der Waals surface area contributed by atoms with Gasteiger partial charge in [-0.3, -0.25) is 4.68 Å². The third-order valence-corrected chi connectivity index (χ3v) is 2.96. The van der Waals surface area contributed by atoms with Crippen LogP contribution in [0.15, 0.2) is 24.4 Å². The Morgan fingerprint density at radius 2 is 2.21 bits per heavy atom. The van der Waals surface area contributed by atoms with Gasteiger partial charge in [-0.25, -0.2) is 4.39 Å². The van der Waals surface area contributed by atoms with Crippen molar-refractivity contribution in [3.63, 3.8) is 0 Å². The third-order valence-electron chi connectivity index (χ3n) is 2.96. The van der Waals surface area contributed by atoms with Crippen LogP contribution in [0.1, 0.15) is 18.2 Å². The maximum Gasteiger partial charge on any atom is 0.167 e. The number of nitrogens with zero attached hydrogens (tertiary/aromatic N) is 2. The van der Waals surface area contributed by atoms with E-state index in [0.29, 0.717) is 6.54 Å². The smallest absolute Gasteiger partial charge is 0.167 e. The molecule has 0 amide bonds. The molecule has 0 aliphatic carbocycles. The lowest BCUT2D eigenvalue weighted by atomic mass is 10.2. The predicted octanol–water partition coefficient (Wildman–Crippen LogP) is 2.74. The topological polar surface area (TPSA) is 39.1 Å². The molecule has 2 rings (SSSR count). The van der Waals surface area contributed by atoms with E-state index in [4.69, 9.17) is 4.74 Å². The molecule has 19 heavy (non-hydrogen) atoms. The van der Waals surface area contributed by atoms with E-state index in [0.717, 1.165) is 23.4 Å². The standard InChI is InChI=1S/C14H18FN3O/c1-4-13-10(9-18(2)17-13)8-16-11-5-6-14(19-3)12(15)7-11/h5-7,9,16H,4,8H2,1-3H3. The summed E-state index contributed by atoms with van der Waals surface area (Å²) in [6, 6.07) is 4.84. The van der Waals surface area contributed by atoms with Gasteiger partial charge in [-0.1, -0.05) is 6.92 Å². The van der Waals surface area contributed by atoms with Crippen molar-refractivity contribution in [1.82, 2.24) is 9.78 Å². The second-order valence-electron chi connectivity index (χ2n) is 4.33. The molecule has 1 heterocycles. The highest BCUT2D eigenvalue weighted by atomic mass is 19.1. The number of methoxy groups -OCH3 is 1. The first kappa shape index (κ1) is 13.4. The Bertz CT molecular complexity index is 566. The van der Waals surface area contributed by atoms with Gasteiger partial charge in [0.2, 0.25) is 0 Å². The molecular formula is C14H18FN3O. The molecule has 5 heteroatoms. The molecule has 1 aromatic carbocycles. The van der Waals surface area contributed by atoms with Crippen LogP contribution in [0.25, 0.3) is 0 Å².